The van der Waals surface area contributed by atoms with Gasteiger partial charge in [0.2, 0.25) is 0 Å². The molecule has 2 aromatic rings. The van der Waals surface area contributed by atoms with Crippen molar-refractivity contribution in [2.24, 2.45) is 16.5 Å². The van der Waals surface area contributed by atoms with Gasteiger partial charge in [0.1, 0.15) is 13.2 Å². The summed E-state index contributed by atoms with van der Waals surface area (Å²) in [5, 5.41) is 0. The number of hydrogen-bond acceptors (Lipinski definition) is 5. The molecule has 0 bridgehead atoms. The average molecular weight is 429 g/mol. The fourth-order valence-electron chi connectivity index (χ4n) is 3.14. The van der Waals surface area contributed by atoms with Crippen molar-refractivity contribution >= 4 is 23.8 Å². The molecule has 10 heteroatoms. The second-order valence-corrected chi connectivity index (χ2v) is 6.86. The number of carbonyl (C=O) groups excluding carboxylic acids is 2. The van der Waals surface area contributed by atoms with Gasteiger partial charge in [-0.15, -0.1) is 4.99 Å². The molecule has 0 aromatic heterocycles. The van der Waals surface area contributed by atoms with Crippen LogP contribution >= 0.6 is 0 Å². The number of guanidine groups is 1. The summed E-state index contributed by atoms with van der Waals surface area (Å²) >= 11 is 0. The van der Waals surface area contributed by atoms with Crippen molar-refractivity contribution in [1.82, 2.24) is 4.90 Å². The number of nitrogens with two attached hydrogens (primary N) is 2. The predicted octanol–water partition coefficient (Wildman–Crippen LogP) is 2.19. The second kappa shape index (κ2) is 10.3. The molecule has 9 nitrogen and oxygen atoms in total. The smallest absolute Gasteiger partial charge is 0.437 e. The number of hydrogen-bond donors (Lipinski definition) is 2. The van der Waals surface area contributed by atoms with Crippen LogP contribution in [0, 0.1) is 5.82 Å². The van der Waals surface area contributed by atoms with Gasteiger partial charge in [0, 0.05) is 31.7 Å². The zero-order chi connectivity index (χ0) is 22.2. The summed E-state index contributed by atoms with van der Waals surface area (Å²) in [6, 6.07) is 14.2. The van der Waals surface area contributed by atoms with E-state index in [0.29, 0.717) is 31.9 Å². The molecular formula is C21H24FN5O4. The molecule has 31 heavy (non-hydrogen) atoms. The minimum atomic E-state index is -0.993. The van der Waals surface area contributed by atoms with Crippen LogP contribution in [0.5, 0.6) is 0 Å². The Balaban J connectivity index is 1.53. The van der Waals surface area contributed by atoms with E-state index in [1.807, 2.05) is 35.2 Å². The highest BCUT2D eigenvalue weighted by Gasteiger charge is 2.24. The maximum Gasteiger partial charge on any atom is 0.437 e. The second-order valence-electron chi connectivity index (χ2n) is 6.86. The minimum Gasteiger partial charge on any atom is -0.445 e. The molecule has 0 radical (unpaired) electrons. The van der Waals surface area contributed by atoms with Gasteiger partial charge in [-0.3, -0.25) is 0 Å². The Labute approximate surface area is 179 Å². The standard InChI is InChI=1S/C21H24FN5O4/c22-18-16(14-30-20(28)25-19(23)24)7-4-8-17(18)26-9-11-27(12-10-26)21(29)31-13-15-5-2-1-3-6-15/h1-8H,9-14H2,(H4,23,24,25,28). The molecular weight excluding hydrogens is 405 g/mol. The minimum absolute atomic E-state index is 0.196. The maximum absolute atomic E-state index is 14.9. The third-order valence-corrected chi connectivity index (χ3v) is 4.71. The van der Waals surface area contributed by atoms with Crippen LogP contribution < -0.4 is 16.4 Å². The molecule has 1 fully saturated rings. The van der Waals surface area contributed by atoms with E-state index in [9.17, 15) is 14.0 Å². The summed E-state index contributed by atoms with van der Waals surface area (Å²) in [6.07, 6.45) is -1.39. The average Bonchev–Trinajstić information content (AvgIpc) is 2.77. The first-order valence-electron chi connectivity index (χ1n) is 9.68. The molecule has 1 aliphatic heterocycles. The number of benzene rings is 2. The van der Waals surface area contributed by atoms with Crippen molar-refractivity contribution in [1.29, 1.82) is 0 Å². The lowest BCUT2D eigenvalue weighted by Crippen LogP contribution is -2.49. The summed E-state index contributed by atoms with van der Waals surface area (Å²) in [7, 11) is 0. The van der Waals surface area contributed by atoms with Gasteiger partial charge in [0.15, 0.2) is 11.8 Å². The highest BCUT2D eigenvalue weighted by molar-refractivity contribution is 5.87. The molecule has 0 unspecified atom stereocenters. The zero-order valence-electron chi connectivity index (χ0n) is 16.9. The molecule has 1 aliphatic rings. The number of rotatable bonds is 5. The van der Waals surface area contributed by atoms with Crippen LogP contribution in [0.3, 0.4) is 0 Å². The van der Waals surface area contributed by atoms with Crippen molar-refractivity contribution in [2.45, 2.75) is 13.2 Å². The van der Waals surface area contributed by atoms with Gasteiger partial charge in [-0.1, -0.05) is 42.5 Å². The molecule has 2 amide bonds. The lowest BCUT2D eigenvalue weighted by atomic mass is 10.1. The van der Waals surface area contributed by atoms with E-state index in [-0.39, 0.29) is 18.8 Å². The molecule has 2 aromatic carbocycles. The monoisotopic (exact) mass is 429 g/mol. The van der Waals surface area contributed by atoms with Gasteiger partial charge in [-0.2, -0.15) is 0 Å². The van der Waals surface area contributed by atoms with E-state index in [0.717, 1.165) is 5.56 Å². The third kappa shape index (κ3) is 6.08. The Hall–Kier alpha value is -3.82. The van der Waals surface area contributed by atoms with Gasteiger partial charge in [-0.05, 0) is 11.6 Å². The first-order chi connectivity index (χ1) is 14.9. The molecule has 1 heterocycles. The van der Waals surface area contributed by atoms with Crippen molar-refractivity contribution in [2.75, 3.05) is 31.1 Å². The van der Waals surface area contributed by atoms with Gasteiger partial charge < -0.3 is 30.7 Å². The van der Waals surface area contributed by atoms with Gasteiger partial charge >= 0.3 is 12.2 Å². The largest absolute Gasteiger partial charge is 0.445 e. The van der Waals surface area contributed by atoms with Crippen LogP contribution in [0.25, 0.3) is 0 Å². The van der Waals surface area contributed by atoms with E-state index >= 15 is 0 Å². The number of ether oxygens (including phenoxy) is 2. The molecule has 1 saturated heterocycles. The van der Waals surface area contributed by atoms with E-state index < -0.39 is 24.0 Å². The van der Waals surface area contributed by atoms with E-state index in [1.54, 1.807) is 17.0 Å². The Kier molecular flexibility index (Phi) is 7.26. The van der Waals surface area contributed by atoms with Gasteiger partial charge in [-0.25, -0.2) is 14.0 Å². The van der Waals surface area contributed by atoms with Crippen molar-refractivity contribution < 1.29 is 23.5 Å². The summed E-state index contributed by atoms with van der Waals surface area (Å²) in [5.41, 5.74) is 11.7. The summed E-state index contributed by atoms with van der Waals surface area (Å²) in [4.78, 5) is 30.4. The quantitative estimate of drug-likeness (QED) is 0.552. The Bertz CT molecular complexity index is 942. The van der Waals surface area contributed by atoms with E-state index in [1.165, 1.54) is 6.07 Å². The Morgan fingerprint density at radius 2 is 1.65 bits per heavy atom. The van der Waals surface area contributed by atoms with Crippen LogP contribution in [-0.4, -0.2) is 49.2 Å². The number of aliphatic imine (C=N–C) groups is 1. The normalized spacial score (nSPS) is 13.5. The number of carbonyl (C=O) groups is 2. The molecule has 3 rings (SSSR count). The molecule has 164 valence electrons. The summed E-state index contributed by atoms with van der Waals surface area (Å²) < 4.78 is 25.1. The lowest BCUT2D eigenvalue weighted by molar-refractivity contribution is 0.0941. The number of anilines is 1. The predicted molar refractivity (Wildman–Crippen MR) is 113 cm³/mol. The first kappa shape index (κ1) is 21.9. The molecule has 0 atom stereocenters. The highest BCUT2D eigenvalue weighted by atomic mass is 19.1. The van der Waals surface area contributed by atoms with Crippen molar-refractivity contribution in [3.8, 4) is 0 Å². The van der Waals surface area contributed by atoms with Gasteiger partial charge in [0.05, 0.1) is 5.69 Å². The lowest BCUT2D eigenvalue weighted by Gasteiger charge is -2.35. The SMILES string of the molecule is NC(N)=NC(=O)OCc1cccc(N2CCN(C(=O)OCc3ccccc3)CC2)c1F. The van der Waals surface area contributed by atoms with Crippen LogP contribution in [0.1, 0.15) is 11.1 Å². The van der Waals surface area contributed by atoms with Crippen LogP contribution in [0.4, 0.5) is 19.7 Å². The summed E-state index contributed by atoms with van der Waals surface area (Å²) in [5.74, 6) is -0.931. The third-order valence-electron chi connectivity index (χ3n) is 4.71. The van der Waals surface area contributed by atoms with Crippen LogP contribution in [-0.2, 0) is 22.7 Å². The van der Waals surface area contributed by atoms with Crippen LogP contribution in [0.15, 0.2) is 53.5 Å². The van der Waals surface area contributed by atoms with Crippen molar-refractivity contribution in [3.63, 3.8) is 0 Å². The number of amides is 2. The number of halogens is 1. The van der Waals surface area contributed by atoms with Crippen LogP contribution in [0.2, 0.25) is 0 Å². The topological polar surface area (TPSA) is 123 Å². The maximum atomic E-state index is 14.9. The first-order valence-corrected chi connectivity index (χ1v) is 9.68. The van der Waals surface area contributed by atoms with Gasteiger partial charge in [0.25, 0.3) is 0 Å². The fourth-order valence-corrected chi connectivity index (χ4v) is 3.14. The molecule has 0 saturated carbocycles. The van der Waals surface area contributed by atoms with E-state index in [4.69, 9.17) is 20.9 Å². The zero-order valence-corrected chi connectivity index (χ0v) is 16.9. The molecule has 0 aliphatic carbocycles. The number of piperazine rings is 1. The van der Waals surface area contributed by atoms with Crippen molar-refractivity contribution in [3.05, 3.63) is 65.5 Å². The Morgan fingerprint density at radius 1 is 0.935 bits per heavy atom. The number of nitrogens with zero attached hydrogens (tertiary/aromatic N) is 3. The Morgan fingerprint density at radius 3 is 2.32 bits per heavy atom. The molecule has 4 N–H and O–H groups in total. The highest BCUT2D eigenvalue weighted by Crippen LogP contribution is 2.24. The fraction of sp³-hybridized carbons (Fsp3) is 0.286. The molecule has 0 spiro atoms. The van der Waals surface area contributed by atoms with E-state index in [2.05, 4.69) is 4.99 Å². The summed E-state index contributed by atoms with van der Waals surface area (Å²) in [6.45, 7) is 1.58.